The van der Waals surface area contributed by atoms with Crippen LogP contribution in [0.1, 0.15) is 11.1 Å². The van der Waals surface area contributed by atoms with Crippen molar-refractivity contribution in [3.05, 3.63) is 108 Å². The zero-order chi connectivity index (χ0) is 25.4. The zero-order valence-corrected chi connectivity index (χ0v) is 20.5. The van der Waals surface area contributed by atoms with Crippen LogP contribution in [-0.4, -0.2) is 25.7 Å². The van der Waals surface area contributed by atoms with E-state index in [9.17, 15) is 13.2 Å². The molecule has 0 aliphatic carbocycles. The van der Waals surface area contributed by atoms with Crippen LogP contribution in [0.25, 0.3) is 11.1 Å². The van der Waals surface area contributed by atoms with E-state index in [1.807, 2.05) is 66.7 Å². The van der Waals surface area contributed by atoms with Crippen LogP contribution in [0.2, 0.25) is 0 Å². The smallest absolute Gasteiger partial charge is 0.319 e. The van der Waals surface area contributed by atoms with Crippen LogP contribution in [0.15, 0.2) is 97.3 Å². The van der Waals surface area contributed by atoms with Gasteiger partial charge in [-0.1, -0.05) is 48.5 Å². The Kier molecular flexibility index (Phi) is 7.82. The molecule has 1 aromatic heterocycles. The van der Waals surface area contributed by atoms with Crippen molar-refractivity contribution in [1.82, 2.24) is 10.3 Å². The first kappa shape index (κ1) is 24.7. The lowest BCUT2D eigenvalue weighted by Crippen LogP contribution is -2.28. The fourth-order valence-corrected chi connectivity index (χ4v) is 4.06. The highest BCUT2D eigenvalue weighted by Crippen LogP contribution is 2.32. The van der Waals surface area contributed by atoms with E-state index < -0.39 is 10.0 Å². The predicted octanol–water partition coefficient (Wildman–Crippen LogP) is 5.02. The number of sulfonamides is 1. The number of ether oxygens (including phenoxy) is 1. The molecule has 0 unspecified atom stereocenters. The van der Waals surface area contributed by atoms with Gasteiger partial charge in [0.1, 0.15) is 12.4 Å². The van der Waals surface area contributed by atoms with E-state index in [1.165, 1.54) is 0 Å². The van der Waals surface area contributed by atoms with Crippen molar-refractivity contribution in [3.8, 4) is 16.9 Å². The number of amides is 2. The SMILES string of the molecule is CS(=O)(=O)Nc1cccc(-c2ccccc2OCc2ccc(NC(=O)NCc3cccnc3)cc2)c1. The average molecular weight is 503 g/mol. The third-order valence-corrected chi connectivity index (χ3v) is 5.75. The molecule has 9 heteroatoms. The van der Waals surface area contributed by atoms with E-state index in [0.29, 0.717) is 30.3 Å². The molecule has 0 bridgehead atoms. The first-order chi connectivity index (χ1) is 17.4. The average Bonchev–Trinajstić information content (AvgIpc) is 2.87. The van der Waals surface area contributed by atoms with Crippen LogP contribution in [0.4, 0.5) is 16.2 Å². The van der Waals surface area contributed by atoms with Gasteiger partial charge in [-0.05, 0) is 53.1 Å². The van der Waals surface area contributed by atoms with Crippen LogP contribution in [0.3, 0.4) is 0 Å². The van der Waals surface area contributed by atoms with Gasteiger partial charge in [-0.15, -0.1) is 0 Å². The lowest BCUT2D eigenvalue weighted by atomic mass is 10.0. The van der Waals surface area contributed by atoms with Crippen molar-refractivity contribution >= 4 is 27.4 Å². The van der Waals surface area contributed by atoms with Crippen molar-refractivity contribution < 1.29 is 17.9 Å². The number of nitrogens with zero attached hydrogens (tertiary/aromatic N) is 1. The van der Waals surface area contributed by atoms with Crippen LogP contribution in [0, 0.1) is 0 Å². The molecule has 3 N–H and O–H groups in total. The van der Waals surface area contributed by atoms with Gasteiger partial charge in [-0.2, -0.15) is 0 Å². The first-order valence-electron chi connectivity index (χ1n) is 11.2. The maximum Gasteiger partial charge on any atom is 0.319 e. The van der Waals surface area contributed by atoms with Crippen LogP contribution in [0.5, 0.6) is 5.75 Å². The molecular weight excluding hydrogens is 476 g/mol. The molecule has 184 valence electrons. The summed E-state index contributed by atoms with van der Waals surface area (Å²) in [6, 6.07) is 25.5. The lowest BCUT2D eigenvalue weighted by Gasteiger charge is -2.13. The van der Waals surface area contributed by atoms with Gasteiger partial charge < -0.3 is 15.4 Å². The number of carbonyl (C=O) groups is 1. The van der Waals surface area contributed by atoms with Crippen molar-refractivity contribution in [3.63, 3.8) is 0 Å². The number of anilines is 2. The lowest BCUT2D eigenvalue weighted by molar-refractivity contribution is 0.251. The second-order valence-corrected chi connectivity index (χ2v) is 9.85. The Hall–Kier alpha value is -4.37. The molecule has 0 aliphatic heterocycles. The normalized spacial score (nSPS) is 10.9. The Morgan fingerprint density at radius 1 is 0.889 bits per heavy atom. The topological polar surface area (TPSA) is 109 Å². The third kappa shape index (κ3) is 7.31. The fraction of sp³-hybridized carbons (Fsp3) is 0.111. The van der Waals surface area contributed by atoms with E-state index in [1.54, 1.807) is 30.6 Å². The summed E-state index contributed by atoms with van der Waals surface area (Å²) in [4.78, 5) is 16.2. The van der Waals surface area contributed by atoms with Gasteiger partial charge in [0.2, 0.25) is 10.0 Å². The highest BCUT2D eigenvalue weighted by molar-refractivity contribution is 7.92. The Labute approximate surface area is 210 Å². The quantitative estimate of drug-likeness (QED) is 0.298. The molecule has 0 atom stereocenters. The first-order valence-corrected chi connectivity index (χ1v) is 13.1. The molecule has 36 heavy (non-hydrogen) atoms. The molecule has 0 saturated carbocycles. The predicted molar refractivity (Wildman–Crippen MR) is 141 cm³/mol. The van der Waals surface area contributed by atoms with Gasteiger partial charge in [0, 0.05) is 35.9 Å². The number of hydrogen-bond acceptors (Lipinski definition) is 5. The van der Waals surface area contributed by atoms with Gasteiger partial charge in [0.05, 0.1) is 6.26 Å². The minimum Gasteiger partial charge on any atom is -0.488 e. The molecule has 3 aromatic carbocycles. The highest BCUT2D eigenvalue weighted by Gasteiger charge is 2.09. The van der Waals surface area contributed by atoms with Crippen molar-refractivity contribution in [2.24, 2.45) is 0 Å². The molecule has 2 amide bonds. The molecule has 4 rings (SSSR count). The molecule has 0 radical (unpaired) electrons. The number of rotatable bonds is 9. The number of benzene rings is 3. The van der Waals surface area contributed by atoms with Gasteiger partial charge >= 0.3 is 6.03 Å². The molecule has 8 nitrogen and oxygen atoms in total. The number of carbonyl (C=O) groups excluding carboxylic acids is 1. The number of para-hydroxylation sites is 1. The number of pyridine rings is 1. The number of urea groups is 1. The fourth-order valence-electron chi connectivity index (χ4n) is 3.50. The van der Waals surface area contributed by atoms with E-state index in [4.69, 9.17) is 4.74 Å². The summed E-state index contributed by atoms with van der Waals surface area (Å²) in [5, 5.41) is 5.60. The Morgan fingerprint density at radius 2 is 1.69 bits per heavy atom. The second kappa shape index (κ2) is 11.4. The summed E-state index contributed by atoms with van der Waals surface area (Å²) < 4.78 is 31.7. The number of aromatic nitrogens is 1. The maximum atomic E-state index is 12.1. The Balaban J connectivity index is 1.36. The third-order valence-electron chi connectivity index (χ3n) is 5.15. The number of nitrogens with one attached hydrogen (secondary N) is 3. The van der Waals surface area contributed by atoms with E-state index in [0.717, 1.165) is 28.5 Å². The van der Waals surface area contributed by atoms with Gasteiger partial charge in [-0.3, -0.25) is 9.71 Å². The van der Waals surface area contributed by atoms with E-state index in [-0.39, 0.29) is 6.03 Å². The highest BCUT2D eigenvalue weighted by atomic mass is 32.2. The van der Waals surface area contributed by atoms with Gasteiger partial charge in [-0.25, -0.2) is 13.2 Å². The molecule has 0 saturated heterocycles. The van der Waals surface area contributed by atoms with Crippen molar-refractivity contribution in [2.75, 3.05) is 16.3 Å². The molecule has 0 aliphatic rings. The molecular formula is C27H26N4O4S. The van der Waals surface area contributed by atoms with Crippen molar-refractivity contribution in [2.45, 2.75) is 13.2 Å². The minimum atomic E-state index is -3.37. The monoisotopic (exact) mass is 502 g/mol. The van der Waals surface area contributed by atoms with Crippen LogP contribution in [-0.2, 0) is 23.2 Å². The summed E-state index contributed by atoms with van der Waals surface area (Å²) in [7, 11) is -3.37. The second-order valence-electron chi connectivity index (χ2n) is 8.11. The Morgan fingerprint density at radius 3 is 2.44 bits per heavy atom. The minimum absolute atomic E-state index is 0.302. The van der Waals surface area contributed by atoms with E-state index >= 15 is 0 Å². The molecule has 0 fully saturated rings. The van der Waals surface area contributed by atoms with Crippen molar-refractivity contribution in [1.29, 1.82) is 0 Å². The summed E-state index contributed by atoms with van der Waals surface area (Å²) in [6.45, 7) is 0.712. The molecule has 0 spiro atoms. The summed E-state index contributed by atoms with van der Waals surface area (Å²) in [5.74, 6) is 0.672. The molecule has 4 aromatic rings. The largest absolute Gasteiger partial charge is 0.488 e. The van der Waals surface area contributed by atoms with Gasteiger partial charge in [0.25, 0.3) is 0 Å². The summed E-state index contributed by atoms with van der Waals surface area (Å²) in [6.07, 6.45) is 4.51. The van der Waals surface area contributed by atoms with Crippen LogP contribution >= 0.6 is 0 Å². The standard InChI is InChI=1S/C27H26N4O4S/c1-36(33,34)31-24-8-4-7-22(16-24)25-9-2-3-10-26(25)35-19-20-11-13-23(14-12-20)30-27(32)29-18-21-6-5-15-28-17-21/h2-17,31H,18-19H2,1H3,(H2,29,30,32). The van der Waals surface area contributed by atoms with Crippen LogP contribution < -0.4 is 20.1 Å². The zero-order valence-electron chi connectivity index (χ0n) is 19.6. The number of hydrogen-bond donors (Lipinski definition) is 3. The summed E-state index contributed by atoms with van der Waals surface area (Å²) in [5.41, 5.74) is 4.67. The van der Waals surface area contributed by atoms with Gasteiger partial charge in [0.15, 0.2) is 0 Å². The maximum absolute atomic E-state index is 12.1. The molecule has 1 heterocycles. The van der Waals surface area contributed by atoms with E-state index in [2.05, 4.69) is 20.3 Å². The summed E-state index contributed by atoms with van der Waals surface area (Å²) >= 11 is 0. The Bertz CT molecular complexity index is 1430.